The van der Waals surface area contributed by atoms with Crippen LogP contribution in [0.25, 0.3) is 0 Å². The number of benzene rings is 1. The monoisotopic (exact) mass is 419 g/mol. The maximum absolute atomic E-state index is 12.3. The molecule has 0 aliphatic heterocycles. The maximum Gasteiger partial charge on any atom is 0.240 e. The highest BCUT2D eigenvalue weighted by Gasteiger charge is 2.25. The van der Waals surface area contributed by atoms with Gasteiger partial charge in [-0.15, -0.1) is 12.4 Å². The molecule has 0 radical (unpaired) electrons. The number of ether oxygens (including phenoxy) is 1. The van der Waals surface area contributed by atoms with Crippen molar-refractivity contribution in [1.82, 2.24) is 10.0 Å². The van der Waals surface area contributed by atoms with Crippen molar-refractivity contribution in [3.8, 4) is 5.75 Å². The molecule has 2 rings (SSSR count). The molecule has 9 heteroatoms. The Balaban J connectivity index is 0.00000364. The number of nitrogens with one attached hydrogen (secondary N) is 2. The summed E-state index contributed by atoms with van der Waals surface area (Å²) in [5, 5.41) is 3.00. The zero-order valence-corrected chi connectivity index (χ0v) is 17.3. The predicted octanol–water partition coefficient (Wildman–Crippen LogP) is 1.81. The molecule has 1 amide bonds. The average Bonchev–Trinajstić information content (AvgIpc) is 2.63. The van der Waals surface area contributed by atoms with Gasteiger partial charge in [0.05, 0.1) is 11.5 Å². The first-order valence-corrected chi connectivity index (χ1v) is 10.7. The van der Waals surface area contributed by atoms with Crippen LogP contribution in [0.4, 0.5) is 0 Å². The minimum Gasteiger partial charge on any atom is -0.494 e. The lowest BCUT2D eigenvalue weighted by atomic mass is 9.84. The second kappa shape index (κ2) is 11.5. The van der Waals surface area contributed by atoms with E-state index in [0.29, 0.717) is 24.8 Å². The molecule has 1 aliphatic rings. The van der Waals surface area contributed by atoms with Gasteiger partial charge in [-0.05, 0) is 56.5 Å². The third-order valence-electron chi connectivity index (χ3n) is 4.65. The van der Waals surface area contributed by atoms with Crippen LogP contribution in [-0.4, -0.2) is 40.1 Å². The van der Waals surface area contributed by atoms with Crippen LogP contribution < -0.4 is 20.5 Å². The van der Waals surface area contributed by atoms with Crippen LogP contribution in [0.1, 0.15) is 39.0 Å². The molecule has 0 bridgehead atoms. The van der Waals surface area contributed by atoms with Crippen molar-refractivity contribution >= 4 is 28.3 Å². The SMILES string of the molecule is CCOc1ccc(S(=O)(=O)NCCC(=O)NC2CCCCC2CN)cc1.Cl. The standard InChI is InChI=1S/C18H29N3O4S.ClH/c1-2-25-15-7-9-16(10-8-15)26(23,24)20-12-11-18(22)21-17-6-4-3-5-14(17)13-19;/h7-10,14,17,20H,2-6,11-13,19H2,1H3,(H,21,22);1H. The van der Waals surface area contributed by atoms with Gasteiger partial charge in [0.25, 0.3) is 0 Å². The Kier molecular flexibility index (Phi) is 10.1. The molecule has 154 valence electrons. The first-order chi connectivity index (χ1) is 12.5. The van der Waals surface area contributed by atoms with Crippen LogP contribution in [0.2, 0.25) is 0 Å². The van der Waals surface area contributed by atoms with Gasteiger partial charge in [-0.1, -0.05) is 12.8 Å². The highest BCUT2D eigenvalue weighted by atomic mass is 35.5. The van der Waals surface area contributed by atoms with Gasteiger partial charge in [-0.25, -0.2) is 13.1 Å². The lowest BCUT2D eigenvalue weighted by Crippen LogP contribution is -2.45. The molecular weight excluding hydrogens is 390 g/mol. The third kappa shape index (κ3) is 7.29. The lowest BCUT2D eigenvalue weighted by Gasteiger charge is -2.31. The van der Waals surface area contributed by atoms with Crippen molar-refractivity contribution in [2.45, 2.75) is 50.0 Å². The van der Waals surface area contributed by atoms with Crippen molar-refractivity contribution in [2.24, 2.45) is 11.7 Å². The summed E-state index contributed by atoms with van der Waals surface area (Å²) >= 11 is 0. The van der Waals surface area contributed by atoms with Crippen LogP contribution >= 0.6 is 12.4 Å². The van der Waals surface area contributed by atoms with E-state index in [-0.39, 0.29) is 42.2 Å². The molecule has 2 unspecified atom stereocenters. The zero-order valence-electron chi connectivity index (χ0n) is 15.6. The Morgan fingerprint density at radius 1 is 1.22 bits per heavy atom. The number of carbonyl (C=O) groups excluding carboxylic acids is 1. The van der Waals surface area contributed by atoms with Gasteiger partial charge in [0.15, 0.2) is 0 Å². The van der Waals surface area contributed by atoms with E-state index < -0.39 is 10.0 Å². The van der Waals surface area contributed by atoms with Gasteiger partial charge in [0.2, 0.25) is 15.9 Å². The molecule has 1 saturated carbocycles. The number of rotatable bonds is 9. The fourth-order valence-corrected chi connectivity index (χ4v) is 4.25. The number of sulfonamides is 1. The molecule has 0 spiro atoms. The summed E-state index contributed by atoms with van der Waals surface area (Å²) < 4.78 is 32.3. The summed E-state index contributed by atoms with van der Waals surface area (Å²) in [4.78, 5) is 12.3. The molecule has 27 heavy (non-hydrogen) atoms. The molecule has 1 fully saturated rings. The summed E-state index contributed by atoms with van der Waals surface area (Å²) in [6.07, 6.45) is 4.31. The minimum absolute atomic E-state index is 0. The van der Waals surface area contributed by atoms with Crippen LogP contribution in [0.3, 0.4) is 0 Å². The summed E-state index contributed by atoms with van der Waals surface area (Å²) in [6, 6.07) is 6.30. The second-order valence-corrected chi connectivity index (χ2v) is 8.27. The fraction of sp³-hybridized carbons (Fsp3) is 0.611. The minimum atomic E-state index is -3.64. The smallest absolute Gasteiger partial charge is 0.240 e. The lowest BCUT2D eigenvalue weighted by molar-refractivity contribution is -0.122. The van der Waals surface area contributed by atoms with Crippen molar-refractivity contribution in [2.75, 3.05) is 19.7 Å². The van der Waals surface area contributed by atoms with Crippen molar-refractivity contribution in [3.63, 3.8) is 0 Å². The second-order valence-electron chi connectivity index (χ2n) is 6.51. The summed E-state index contributed by atoms with van der Waals surface area (Å²) in [6.45, 7) is 3.00. The van der Waals surface area contributed by atoms with Crippen LogP contribution in [0, 0.1) is 5.92 Å². The van der Waals surface area contributed by atoms with E-state index in [9.17, 15) is 13.2 Å². The highest BCUT2D eigenvalue weighted by Crippen LogP contribution is 2.23. The van der Waals surface area contributed by atoms with E-state index >= 15 is 0 Å². The summed E-state index contributed by atoms with van der Waals surface area (Å²) in [5.41, 5.74) is 5.77. The van der Waals surface area contributed by atoms with E-state index in [1.165, 1.54) is 12.1 Å². The third-order valence-corrected chi connectivity index (χ3v) is 6.12. The van der Waals surface area contributed by atoms with Crippen LogP contribution in [0.15, 0.2) is 29.2 Å². The molecular formula is C18H30ClN3O4S. The normalized spacial score (nSPS) is 19.8. The van der Waals surface area contributed by atoms with E-state index in [4.69, 9.17) is 10.5 Å². The van der Waals surface area contributed by atoms with Gasteiger partial charge in [0.1, 0.15) is 5.75 Å². The van der Waals surface area contributed by atoms with Crippen molar-refractivity contribution in [1.29, 1.82) is 0 Å². The number of nitrogens with two attached hydrogens (primary N) is 1. The Labute approximate surface area is 167 Å². The van der Waals surface area contributed by atoms with Crippen LogP contribution in [0.5, 0.6) is 5.75 Å². The van der Waals surface area contributed by atoms with Gasteiger partial charge in [-0.3, -0.25) is 4.79 Å². The molecule has 0 saturated heterocycles. The van der Waals surface area contributed by atoms with Gasteiger partial charge in [0, 0.05) is 19.0 Å². The molecule has 0 heterocycles. The Morgan fingerprint density at radius 2 is 1.89 bits per heavy atom. The summed E-state index contributed by atoms with van der Waals surface area (Å²) in [7, 11) is -3.64. The quantitative estimate of drug-likeness (QED) is 0.565. The van der Waals surface area contributed by atoms with Gasteiger partial charge >= 0.3 is 0 Å². The van der Waals surface area contributed by atoms with E-state index in [2.05, 4.69) is 10.0 Å². The van der Waals surface area contributed by atoms with Crippen molar-refractivity contribution < 1.29 is 17.9 Å². The van der Waals surface area contributed by atoms with Crippen molar-refractivity contribution in [3.05, 3.63) is 24.3 Å². The maximum atomic E-state index is 12.3. The van der Waals surface area contributed by atoms with E-state index in [0.717, 1.165) is 25.7 Å². The first kappa shape index (κ1) is 23.7. The number of carbonyl (C=O) groups is 1. The number of hydrogen-bond acceptors (Lipinski definition) is 5. The Hall–Kier alpha value is -1.35. The summed E-state index contributed by atoms with van der Waals surface area (Å²) in [5.74, 6) is 0.783. The number of hydrogen-bond donors (Lipinski definition) is 3. The molecule has 4 N–H and O–H groups in total. The largest absolute Gasteiger partial charge is 0.494 e. The molecule has 1 aromatic carbocycles. The van der Waals surface area contributed by atoms with Gasteiger partial charge in [-0.2, -0.15) is 0 Å². The topological polar surface area (TPSA) is 111 Å². The molecule has 2 atom stereocenters. The average molecular weight is 420 g/mol. The molecule has 0 aromatic heterocycles. The first-order valence-electron chi connectivity index (χ1n) is 9.18. The Bertz CT molecular complexity index is 682. The number of amides is 1. The van der Waals surface area contributed by atoms with E-state index in [1.54, 1.807) is 12.1 Å². The number of halogens is 1. The van der Waals surface area contributed by atoms with E-state index in [1.807, 2.05) is 6.92 Å². The predicted molar refractivity (Wildman–Crippen MR) is 108 cm³/mol. The highest BCUT2D eigenvalue weighted by molar-refractivity contribution is 7.89. The molecule has 7 nitrogen and oxygen atoms in total. The van der Waals surface area contributed by atoms with Crippen LogP contribution in [-0.2, 0) is 14.8 Å². The fourth-order valence-electron chi connectivity index (χ4n) is 3.22. The van der Waals surface area contributed by atoms with Gasteiger partial charge < -0.3 is 15.8 Å². The zero-order chi connectivity index (χ0) is 19.0. The Morgan fingerprint density at radius 3 is 2.52 bits per heavy atom. The molecule has 1 aromatic rings. The molecule has 1 aliphatic carbocycles.